The van der Waals surface area contributed by atoms with E-state index < -0.39 is 18.0 Å². The van der Waals surface area contributed by atoms with Crippen LogP contribution in [0.2, 0.25) is 0 Å². The zero-order valence-electron chi connectivity index (χ0n) is 24.4. The molecule has 0 aliphatic carbocycles. The second-order valence-corrected chi connectivity index (χ2v) is 11.2. The number of hydrogen-bond donors (Lipinski definition) is 2. The van der Waals surface area contributed by atoms with Crippen LogP contribution in [0.5, 0.6) is 5.75 Å². The molecule has 0 aromatic heterocycles. The number of hydrogen-bond acceptors (Lipinski definition) is 4. The molecule has 6 nitrogen and oxygen atoms in total. The second kappa shape index (κ2) is 16.5. The summed E-state index contributed by atoms with van der Waals surface area (Å²) in [6, 6.07) is 25.3. The lowest BCUT2D eigenvalue weighted by molar-refractivity contribution is -0.144. The summed E-state index contributed by atoms with van der Waals surface area (Å²) in [5, 5.41) is 19.0. The van der Waals surface area contributed by atoms with Crippen LogP contribution in [0.3, 0.4) is 0 Å². The number of likely N-dealkylation sites (tertiary alicyclic amines) is 1. The zero-order chi connectivity index (χ0) is 29.6. The fourth-order valence-corrected chi connectivity index (χ4v) is 5.65. The summed E-state index contributed by atoms with van der Waals surface area (Å²) in [4.78, 5) is 25.2. The third-order valence-corrected chi connectivity index (χ3v) is 8.06. The van der Waals surface area contributed by atoms with Crippen molar-refractivity contribution in [3.8, 4) is 5.75 Å². The molecule has 0 spiro atoms. The van der Waals surface area contributed by atoms with Gasteiger partial charge in [0.15, 0.2) is 0 Å². The number of allylic oxidation sites excluding steroid dienone is 1. The minimum absolute atomic E-state index is 0.156. The predicted molar refractivity (Wildman–Crippen MR) is 167 cm³/mol. The zero-order valence-corrected chi connectivity index (χ0v) is 24.4. The van der Waals surface area contributed by atoms with Crippen LogP contribution in [0.25, 0.3) is 6.08 Å². The SMILES string of the molecule is O=C(O)c1ccc(CC(/C=C/c2ccccc2OCCCCCc2ccccc2)CCN2CCCCC2C(=O)O)cc1. The Labute approximate surface area is 249 Å². The van der Waals surface area contributed by atoms with Gasteiger partial charge in [0, 0.05) is 5.56 Å². The first kappa shape index (κ1) is 31.0. The number of unbranched alkanes of at least 4 members (excludes halogenated alkanes) is 2. The van der Waals surface area contributed by atoms with Crippen molar-refractivity contribution in [2.75, 3.05) is 19.7 Å². The average Bonchev–Trinajstić information content (AvgIpc) is 3.01. The molecule has 2 N–H and O–H groups in total. The maximum absolute atomic E-state index is 11.8. The molecular weight excluding hydrogens is 526 g/mol. The predicted octanol–water partition coefficient (Wildman–Crippen LogP) is 7.38. The monoisotopic (exact) mass is 569 g/mol. The topological polar surface area (TPSA) is 87.1 Å². The van der Waals surface area contributed by atoms with Crippen LogP contribution in [0.4, 0.5) is 0 Å². The van der Waals surface area contributed by atoms with E-state index in [-0.39, 0.29) is 11.5 Å². The minimum atomic E-state index is -0.935. The third-order valence-electron chi connectivity index (χ3n) is 8.06. The first-order valence-electron chi connectivity index (χ1n) is 15.2. The number of ether oxygens (including phenoxy) is 1. The van der Waals surface area contributed by atoms with E-state index in [1.807, 2.05) is 36.4 Å². The van der Waals surface area contributed by atoms with Crippen molar-refractivity contribution in [3.05, 3.63) is 107 Å². The van der Waals surface area contributed by atoms with Crippen LogP contribution < -0.4 is 4.74 Å². The third kappa shape index (κ3) is 9.88. The van der Waals surface area contributed by atoms with Gasteiger partial charge in [0.1, 0.15) is 11.8 Å². The molecule has 1 heterocycles. The number of aryl methyl sites for hydroxylation is 1. The highest BCUT2D eigenvalue weighted by Gasteiger charge is 2.28. The fraction of sp³-hybridized carbons (Fsp3) is 0.389. The molecule has 1 aliphatic heterocycles. The molecule has 2 atom stereocenters. The van der Waals surface area contributed by atoms with Gasteiger partial charge in [-0.15, -0.1) is 0 Å². The van der Waals surface area contributed by atoms with Crippen molar-refractivity contribution in [3.63, 3.8) is 0 Å². The molecule has 0 radical (unpaired) electrons. The van der Waals surface area contributed by atoms with E-state index in [1.54, 1.807) is 12.1 Å². The number of aliphatic carboxylic acids is 1. The molecular formula is C36H43NO5. The Kier molecular flexibility index (Phi) is 12.2. The Morgan fingerprint density at radius 3 is 2.40 bits per heavy atom. The van der Waals surface area contributed by atoms with E-state index in [0.717, 1.165) is 74.8 Å². The molecule has 6 heteroatoms. The highest BCUT2D eigenvalue weighted by Crippen LogP contribution is 2.25. The van der Waals surface area contributed by atoms with Gasteiger partial charge in [-0.2, -0.15) is 0 Å². The normalized spacial score (nSPS) is 16.3. The van der Waals surface area contributed by atoms with Crippen molar-refractivity contribution >= 4 is 18.0 Å². The van der Waals surface area contributed by atoms with E-state index in [4.69, 9.17) is 4.74 Å². The van der Waals surface area contributed by atoms with Crippen molar-refractivity contribution in [1.29, 1.82) is 0 Å². The van der Waals surface area contributed by atoms with Crippen molar-refractivity contribution in [2.45, 2.75) is 63.8 Å². The van der Waals surface area contributed by atoms with Gasteiger partial charge >= 0.3 is 11.9 Å². The quantitative estimate of drug-likeness (QED) is 0.175. The Morgan fingerprint density at radius 1 is 0.881 bits per heavy atom. The summed E-state index contributed by atoms with van der Waals surface area (Å²) >= 11 is 0. The molecule has 42 heavy (non-hydrogen) atoms. The van der Waals surface area contributed by atoms with Gasteiger partial charge in [-0.1, -0.05) is 79.2 Å². The summed E-state index contributed by atoms with van der Waals surface area (Å²) in [6.07, 6.45) is 12.9. The van der Waals surface area contributed by atoms with Crippen LogP contribution >= 0.6 is 0 Å². The Balaban J connectivity index is 1.37. The van der Waals surface area contributed by atoms with Crippen molar-refractivity contribution < 1.29 is 24.5 Å². The summed E-state index contributed by atoms with van der Waals surface area (Å²) in [5.41, 5.74) is 3.73. The number of carbonyl (C=O) groups is 2. The maximum atomic E-state index is 11.8. The molecule has 4 rings (SSSR count). The Morgan fingerprint density at radius 2 is 1.64 bits per heavy atom. The number of piperidine rings is 1. The van der Waals surface area contributed by atoms with Crippen LogP contribution in [-0.2, 0) is 17.6 Å². The smallest absolute Gasteiger partial charge is 0.335 e. The Hall–Kier alpha value is -3.90. The van der Waals surface area contributed by atoms with Gasteiger partial charge in [-0.25, -0.2) is 4.79 Å². The van der Waals surface area contributed by atoms with E-state index in [9.17, 15) is 19.8 Å². The number of carboxylic acids is 2. The molecule has 222 valence electrons. The van der Waals surface area contributed by atoms with Gasteiger partial charge in [-0.3, -0.25) is 9.69 Å². The molecule has 0 bridgehead atoms. The lowest BCUT2D eigenvalue weighted by Gasteiger charge is -2.33. The van der Waals surface area contributed by atoms with Gasteiger partial charge in [-0.05, 0) is 99.7 Å². The van der Waals surface area contributed by atoms with E-state index >= 15 is 0 Å². The number of para-hydroxylation sites is 1. The summed E-state index contributed by atoms with van der Waals surface area (Å²) in [5.74, 6) is -0.653. The number of rotatable bonds is 16. The molecule has 3 aromatic carbocycles. The molecule has 1 saturated heterocycles. The van der Waals surface area contributed by atoms with Gasteiger partial charge < -0.3 is 14.9 Å². The summed E-state index contributed by atoms with van der Waals surface area (Å²) in [6.45, 7) is 2.19. The lowest BCUT2D eigenvalue weighted by atomic mass is 9.93. The largest absolute Gasteiger partial charge is 0.493 e. The fourth-order valence-electron chi connectivity index (χ4n) is 5.65. The molecule has 3 aromatic rings. The molecule has 0 amide bonds. The van der Waals surface area contributed by atoms with E-state index in [0.29, 0.717) is 19.6 Å². The van der Waals surface area contributed by atoms with Crippen LogP contribution in [0.1, 0.15) is 72.0 Å². The minimum Gasteiger partial charge on any atom is -0.493 e. The maximum Gasteiger partial charge on any atom is 0.335 e. The van der Waals surface area contributed by atoms with Gasteiger partial charge in [0.2, 0.25) is 0 Å². The molecule has 2 unspecified atom stereocenters. The number of aromatic carboxylic acids is 1. The highest BCUT2D eigenvalue weighted by atomic mass is 16.5. The molecule has 0 saturated carbocycles. The number of carboxylic acid groups (broad SMARTS) is 2. The van der Waals surface area contributed by atoms with Crippen LogP contribution in [-0.4, -0.2) is 52.8 Å². The van der Waals surface area contributed by atoms with Crippen molar-refractivity contribution in [1.82, 2.24) is 4.90 Å². The van der Waals surface area contributed by atoms with Gasteiger partial charge in [0.25, 0.3) is 0 Å². The lowest BCUT2D eigenvalue weighted by Crippen LogP contribution is -2.45. The van der Waals surface area contributed by atoms with E-state index in [1.165, 1.54) is 5.56 Å². The van der Waals surface area contributed by atoms with Crippen LogP contribution in [0, 0.1) is 5.92 Å². The summed E-state index contributed by atoms with van der Waals surface area (Å²) < 4.78 is 6.19. The summed E-state index contributed by atoms with van der Waals surface area (Å²) in [7, 11) is 0. The average molecular weight is 570 g/mol. The standard InChI is InChI=1S/C36H43NO5/c38-35(39)32-21-18-29(19-22-32)27-30(23-25-37-24-9-8-15-33(37)36(40)41)17-20-31-14-6-7-16-34(31)42-26-10-2-5-13-28-11-3-1-4-12-28/h1,3-4,6-7,11-12,14,16-22,30,33H,2,5,8-10,13,15,23-27H2,(H,38,39)(H,40,41)/b20-17+. The number of nitrogens with zero attached hydrogens (tertiary/aromatic N) is 1. The number of benzene rings is 3. The first-order chi connectivity index (χ1) is 20.5. The van der Waals surface area contributed by atoms with Crippen molar-refractivity contribution in [2.24, 2.45) is 5.92 Å². The van der Waals surface area contributed by atoms with E-state index in [2.05, 4.69) is 47.4 Å². The van der Waals surface area contributed by atoms with Gasteiger partial charge in [0.05, 0.1) is 12.2 Å². The van der Waals surface area contributed by atoms with Crippen LogP contribution in [0.15, 0.2) is 84.9 Å². The first-order valence-corrected chi connectivity index (χ1v) is 15.2. The second-order valence-electron chi connectivity index (χ2n) is 11.2. The highest BCUT2D eigenvalue weighted by molar-refractivity contribution is 5.87. The molecule has 1 fully saturated rings. The Bertz CT molecular complexity index is 1290. The molecule has 1 aliphatic rings.